The molecule has 0 saturated heterocycles. The van der Waals surface area contributed by atoms with E-state index in [1.165, 1.54) is 0 Å². The van der Waals surface area contributed by atoms with Crippen LogP contribution >= 0.6 is 0 Å². The van der Waals surface area contributed by atoms with Gasteiger partial charge in [-0.2, -0.15) is 10.4 Å². The van der Waals surface area contributed by atoms with Crippen LogP contribution in [-0.2, 0) is 0 Å². The maximum absolute atomic E-state index is 12.3. The van der Waals surface area contributed by atoms with Gasteiger partial charge >= 0.3 is 0 Å². The highest BCUT2D eigenvalue weighted by molar-refractivity contribution is 5.81. The summed E-state index contributed by atoms with van der Waals surface area (Å²) < 4.78 is 5.80. The van der Waals surface area contributed by atoms with E-state index in [1.807, 2.05) is 50.2 Å². The second kappa shape index (κ2) is 9.52. The third-order valence-corrected chi connectivity index (χ3v) is 4.40. The van der Waals surface area contributed by atoms with E-state index in [2.05, 4.69) is 27.4 Å². The first-order valence-electron chi connectivity index (χ1n) is 9.66. The van der Waals surface area contributed by atoms with Crippen LogP contribution in [0.4, 0.5) is 5.95 Å². The quantitative estimate of drug-likeness (QED) is 0.457. The zero-order valence-corrected chi connectivity index (χ0v) is 17.2. The lowest BCUT2D eigenvalue weighted by molar-refractivity contribution is 0.313. The molecule has 0 atom stereocenters. The molecule has 3 rings (SSSR count). The third-order valence-electron chi connectivity index (χ3n) is 4.40. The Labute approximate surface area is 175 Å². The number of nitrogens with zero attached hydrogens (tertiary/aromatic N) is 3. The highest BCUT2D eigenvalue weighted by Crippen LogP contribution is 2.24. The number of H-pyrrole nitrogens is 1. The molecule has 3 aromatic rings. The van der Waals surface area contributed by atoms with Crippen molar-refractivity contribution >= 4 is 12.2 Å². The van der Waals surface area contributed by atoms with Gasteiger partial charge in [0.1, 0.15) is 17.4 Å². The van der Waals surface area contributed by atoms with Crippen LogP contribution in [0, 0.1) is 25.2 Å². The Morgan fingerprint density at radius 1 is 1.23 bits per heavy atom. The summed E-state index contributed by atoms with van der Waals surface area (Å²) >= 11 is 0. The van der Waals surface area contributed by atoms with E-state index in [9.17, 15) is 10.1 Å². The van der Waals surface area contributed by atoms with Crippen molar-refractivity contribution in [2.75, 3.05) is 12.0 Å². The third kappa shape index (κ3) is 4.73. The van der Waals surface area contributed by atoms with Crippen LogP contribution in [0.5, 0.6) is 5.75 Å². The SMILES string of the molecule is CCCOc1c(C)cc(C=NNc2nc(-c3ccccc3)c(C#N)c(=O)[nH]2)cc1C. The Kier molecular flexibility index (Phi) is 6.60. The maximum Gasteiger partial charge on any atom is 0.270 e. The Bertz CT molecular complexity index is 1140. The van der Waals surface area contributed by atoms with Crippen LogP contribution in [0.15, 0.2) is 52.4 Å². The number of nitrogens with one attached hydrogen (secondary N) is 2. The van der Waals surface area contributed by atoms with Crippen LogP contribution < -0.4 is 15.7 Å². The van der Waals surface area contributed by atoms with E-state index < -0.39 is 5.56 Å². The molecule has 7 nitrogen and oxygen atoms in total. The van der Waals surface area contributed by atoms with Crippen molar-refractivity contribution in [3.05, 3.63) is 75.1 Å². The van der Waals surface area contributed by atoms with Crippen molar-refractivity contribution in [1.82, 2.24) is 9.97 Å². The second-order valence-electron chi connectivity index (χ2n) is 6.82. The molecule has 0 bridgehead atoms. The molecule has 0 aliphatic carbocycles. The summed E-state index contributed by atoms with van der Waals surface area (Å²) in [5.74, 6) is 1.05. The Balaban J connectivity index is 1.84. The number of hydrogen-bond acceptors (Lipinski definition) is 6. The Morgan fingerprint density at radius 2 is 1.93 bits per heavy atom. The Hall–Kier alpha value is -3.92. The van der Waals surface area contributed by atoms with Gasteiger partial charge in [-0.15, -0.1) is 0 Å². The number of rotatable bonds is 7. The van der Waals surface area contributed by atoms with Gasteiger partial charge in [0.2, 0.25) is 5.95 Å². The largest absolute Gasteiger partial charge is 0.493 e. The molecule has 0 amide bonds. The van der Waals surface area contributed by atoms with Crippen molar-refractivity contribution < 1.29 is 4.74 Å². The Morgan fingerprint density at radius 3 is 2.57 bits per heavy atom. The van der Waals surface area contributed by atoms with Gasteiger partial charge in [0.05, 0.1) is 18.5 Å². The van der Waals surface area contributed by atoms with Crippen LogP contribution in [0.25, 0.3) is 11.3 Å². The molecule has 2 N–H and O–H groups in total. The molecule has 2 aromatic carbocycles. The number of nitriles is 1. The van der Waals surface area contributed by atoms with Gasteiger partial charge in [-0.1, -0.05) is 37.3 Å². The summed E-state index contributed by atoms with van der Waals surface area (Å²) in [7, 11) is 0. The van der Waals surface area contributed by atoms with E-state index in [1.54, 1.807) is 18.3 Å². The molecule has 1 heterocycles. The smallest absolute Gasteiger partial charge is 0.270 e. The number of aromatic amines is 1. The van der Waals surface area contributed by atoms with Crippen LogP contribution in [0.3, 0.4) is 0 Å². The number of hydrogen-bond donors (Lipinski definition) is 2. The van der Waals surface area contributed by atoms with E-state index >= 15 is 0 Å². The highest BCUT2D eigenvalue weighted by atomic mass is 16.5. The fraction of sp³-hybridized carbons (Fsp3) is 0.217. The summed E-state index contributed by atoms with van der Waals surface area (Å²) in [6.45, 7) is 6.74. The molecule has 0 aliphatic rings. The number of aryl methyl sites for hydroxylation is 2. The van der Waals surface area contributed by atoms with Gasteiger partial charge in [-0.05, 0) is 49.1 Å². The summed E-state index contributed by atoms with van der Waals surface area (Å²) in [5.41, 5.74) is 6.13. The predicted molar refractivity (Wildman–Crippen MR) is 118 cm³/mol. The minimum Gasteiger partial charge on any atom is -0.493 e. The first-order chi connectivity index (χ1) is 14.5. The van der Waals surface area contributed by atoms with E-state index in [4.69, 9.17) is 4.74 Å². The lowest BCUT2D eigenvalue weighted by atomic mass is 10.1. The molecule has 152 valence electrons. The first kappa shape index (κ1) is 20.8. The average molecular weight is 401 g/mol. The molecular weight excluding hydrogens is 378 g/mol. The summed E-state index contributed by atoms with van der Waals surface area (Å²) in [6, 6.07) is 15.0. The molecule has 1 aromatic heterocycles. The molecule has 0 spiro atoms. The summed E-state index contributed by atoms with van der Waals surface area (Å²) in [6.07, 6.45) is 2.59. The molecule has 0 unspecified atom stereocenters. The van der Waals surface area contributed by atoms with Crippen LogP contribution in [0.1, 0.15) is 35.6 Å². The monoisotopic (exact) mass is 401 g/mol. The van der Waals surface area contributed by atoms with Gasteiger partial charge in [0.15, 0.2) is 0 Å². The van der Waals surface area contributed by atoms with Crippen molar-refractivity contribution in [2.24, 2.45) is 5.10 Å². The van der Waals surface area contributed by atoms with Gasteiger partial charge < -0.3 is 4.74 Å². The van der Waals surface area contributed by atoms with Gasteiger partial charge in [-0.3, -0.25) is 9.78 Å². The summed E-state index contributed by atoms with van der Waals surface area (Å²) in [5, 5.41) is 13.5. The normalized spacial score (nSPS) is 10.7. The van der Waals surface area contributed by atoms with Gasteiger partial charge in [0, 0.05) is 5.56 Å². The number of aromatic nitrogens is 2. The number of benzene rings is 2. The van der Waals surface area contributed by atoms with Crippen molar-refractivity contribution in [3.8, 4) is 23.1 Å². The minimum atomic E-state index is -0.520. The lowest BCUT2D eigenvalue weighted by Crippen LogP contribution is -2.16. The standard InChI is InChI=1S/C23H23N5O2/c1-4-10-30-21-15(2)11-17(12-16(21)3)14-25-28-23-26-20(18-8-6-5-7-9-18)19(13-24)22(29)27-23/h5-9,11-12,14H,4,10H2,1-3H3,(H2,26,27,28,29). The molecule has 0 aliphatic heterocycles. The topological polar surface area (TPSA) is 103 Å². The second-order valence-corrected chi connectivity index (χ2v) is 6.82. The zero-order chi connectivity index (χ0) is 21.5. The zero-order valence-electron chi connectivity index (χ0n) is 17.2. The van der Waals surface area contributed by atoms with Gasteiger partial charge in [0.25, 0.3) is 5.56 Å². The van der Waals surface area contributed by atoms with Crippen molar-refractivity contribution in [2.45, 2.75) is 27.2 Å². The molecule has 0 radical (unpaired) electrons. The molecular formula is C23H23N5O2. The molecule has 0 saturated carbocycles. The van der Waals surface area contributed by atoms with Crippen molar-refractivity contribution in [1.29, 1.82) is 5.26 Å². The van der Waals surface area contributed by atoms with E-state index in [-0.39, 0.29) is 11.5 Å². The fourth-order valence-corrected chi connectivity index (χ4v) is 3.09. The van der Waals surface area contributed by atoms with Gasteiger partial charge in [-0.25, -0.2) is 10.4 Å². The number of anilines is 1. The highest BCUT2D eigenvalue weighted by Gasteiger charge is 2.13. The van der Waals surface area contributed by atoms with Crippen molar-refractivity contribution in [3.63, 3.8) is 0 Å². The van der Waals surface area contributed by atoms with Crippen LogP contribution in [0.2, 0.25) is 0 Å². The minimum absolute atomic E-state index is 0.0374. The predicted octanol–water partition coefficient (Wildman–Crippen LogP) is 4.16. The van der Waals surface area contributed by atoms with Crippen LogP contribution in [-0.4, -0.2) is 22.8 Å². The maximum atomic E-state index is 12.3. The number of ether oxygens (including phenoxy) is 1. The van der Waals surface area contributed by atoms with E-state index in [0.717, 1.165) is 28.9 Å². The molecule has 7 heteroatoms. The average Bonchev–Trinajstić information content (AvgIpc) is 2.73. The van der Waals surface area contributed by atoms with E-state index in [0.29, 0.717) is 17.9 Å². The molecule has 30 heavy (non-hydrogen) atoms. The molecule has 0 fully saturated rings. The summed E-state index contributed by atoms with van der Waals surface area (Å²) in [4.78, 5) is 19.2. The fourth-order valence-electron chi connectivity index (χ4n) is 3.09. The first-order valence-corrected chi connectivity index (χ1v) is 9.66. The number of hydrazone groups is 1. The lowest BCUT2D eigenvalue weighted by Gasteiger charge is -2.12.